The zero-order valence-electron chi connectivity index (χ0n) is 12.2. The van der Waals surface area contributed by atoms with Crippen molar-refractivity contribution in [1.82, 2.24) is 15.0 Å². The van der Waals surface area contributed by atoms with Crippen LogP contribution in [0.25, 0.3) is 0 Å². The highest BCUT2D eigenvalue weighted by molar-refractivity contribution is 7.98. The molecule has 0 saturated carbocycles. The van der Waals surface area contributed by atoms with Crippen LogP contribution in [0.4, 0.5) is 5.82 Å². The predicted octanol–water partition coefficient (Wildman–Crippen LogP) is 2.42. The molecular formula is C15H18N4OS. The van der Waals surface area contributed by atoms with Crippen molar-refractivity contribution in [2.45, 2.75) is 12.1 Å². The lowest BCUT2D eigenvalue weighted by Gasteiger charge is -2.40. The number of aryl methyl sites for hydroxylation is 1. The van der Waals surface area contributed by atoms with E-state index in [0.717, 1.165) is 42.1 Å². The number of hydrogen-bond donors (Lipinski definition) is 0. The number of hydrogen-bond acceptors (Lipinski definition) is 6. The van der Waals surface area contributed by atoms with Crippen molar-refractivity contribution in [1.29, 1.82) is 0 Å². The molecule has 0 aliphatic carbocycles. The van der Waals surface area contributed by atoms with Gasteiger partial charge in [-0.15, -0.1) is 0 Å². The van der Waals surface area contributed by atoms with Crippen LogP contribution in [0.15, 0.2) is 35.7 Å². The van der Waals surface area contributed by atoms with E-state index >= 15 is 0 Å². The van der Waals surface area contributed by atoms with Crippen LogP contribution in [0.1, 0.15) is 5.69 Å². The van der Waals surface area contributed by atoms with E-state index < -0.39 is 0 Å². The van der Waals surface area contributed by atoms with Gasteiger partial charge in [0.15, 0.2) is 5.16 Å². The van der Waals surface area contributed by atoms with Gasteiger partial charge in [0.1, 0.15) is 11.6 Å². The maximum Gasteiger partial charge on any atom is 0.189 e. The second kappa shape index (κ2) is 6.30. The highest BCUT2D eigenvalue weighted by Gasteiger charge is 2.28. The molecule has 110 valence electrons. The van der Waals surface area contributed by atoms with Gasteiger partial charge in [-0.3, -0.25) is 4.98 Å². The van der Waals surface area contributed by atoms with Gasteiger partial charge in [-0.05, 0) is 25.3 Å². The molecule has 1 fully saturated rings. The van der Waals surface area contributed by atoms with E-state index in [1.807, 2.05) is 31.4 Å². The van der Waals surface area contributed by atoms with Crippen LogP contribution in [-0.4, -0.2) is 40.9 Å². The Morgan fingerprint density at radius 3 is 2.95 bits per heavy atom. The van der Waals surface area contributed by atoms with Crippen LogP contribution in [-0.2, 0) is 0 Å². The molecule has 3 rings (SSSR count). The summed E-state index contributed by atoms with van der Waals surface area (Å²) in [5.74, 6) is 2.39. The number of ether oxygens (including phenoxy) is 1. The molecule has 5 nitrogen and oxygen atoms in total. The van der Waals surface area contributed by atoms with Crippen molar-refractivity contribution in [3.8, 4) is 5.75 Å². The van der Waals surface area contributed by atoms with Crippen molar-refractivity contribution in [2.24, 2.45) is 5.92 Å². The van der Waals surface area contributed by atoms with Gasteiger partial charge in [-0.25, -0.2) is 9.97 Å². The number of aromatic nitrogens is 3. The molecule has 0 bridgehead atoms. The summed E-state index contributed by atoms with van der Waals surface area (Å²) >= 11 is 1.58. The highest BCUT2D eigenvalue weighted by atomic mass is 32.2. The maximum absolute atomic E-state index is 5.74. The van der Waals surface area contributed by atoms with Crippen LogP contribution in [0, 0.1) is 12.8 Å². The predicted molar refractivity (Wildman–Crippen MR) is 84.0 cm³/mol. The zero-order valence-corrected chi connectivity index (χ0v) is 13.0. The molecule has 0 spiro atoms. The molecule has 0 unspecified atom stereocenters. The molecule has 0 N–H and O–H groups in total. The average Bonchev–Trinajstić information content (AvgIpc) is 2.46. The van der Waals surface area contributed by atoms with Gasteiger partial charge in [-0.2, -0.15) is 0 Å². The summed E-state index contributed by atoms with van der Waals surface area (Å²) in [7, 11) is 0. The summed E-state index contributed by atoms with van der Waals surface area (Å²) in [6, 6.07) is 5.86. The minimum absolute atomic E-state index is 0.540. The number of nitrogens with zero attached hydrogens (tertiary/aromatic N) is 4. The fraction of sp³-hybridized carbons (Fsp3) is 0.400. The first-order valence-corrected chi connectivity index (χ1v) is 8.14. The van der Waals surface area contributed by atoms with Crippen LogP contribution in [0.3, 0.4) is 0 Å². The largest absolute Gasteiger partial charge is 0.492 e. The molecule has 6 heteroatoms. The fourth-order valence-electron chi connectivity index (χ4n) is 2.29. The third kappa shape index (κ3) is 3.44. The average molecular weight is 302 g/mol. The monoisotopic (exact) mass is 302 g/mol. The van der Waals surface area contributed by atoms with Gasteiger partial charge in [0.25, 0.3) is 0 Å². The van der Waals surface area contributed by atoms with Gasteiger partial charge in [0.05, 0.1) is 12.8 Å². The summed E-state index contributed by atoms with van der Waals surface area (Å²) in [6.45, 7) is 4.68. The standard InChI is InChI=1S/C15H18N4OS/c1-11-6-14(18-15(17-11)21-2)19-8-12(9-19)10-20-13-4-3-5-16-7-13/h3-7,12H,8-10H2,1-2H3. The summed E-state index contributed by atoms with van der Waals surface area (Å²) in [6.07, 6.45) is 5.49. The minimum Gasteiger partial charge on any atom is -0.492 e. The first kappa shape index (κ1) is 14.1. The third-order valence-electron chi connectivity index (χ3n) is 3.40. The van der Waals surface area contributed by atoms with E-state index in [9.17, 15) is 0 Å². The van der Waals surface area contributed by atoms with Crippen molar-refractivity contribution in [2.75, 3.05) is 30.9 Å². The molecule has 0 aromatic carbocycles. The molecule has 0 atom stereocenters. The van der Waals surface area contributed by atoms with E-state index in [-0.39, 0.29) is 0 Å². The Morgan fingerprint density at radius 2 is 2.24 bits per heavy atom. The lowest BCUT2D eigenvalue weighted by Crippen LogP contribution is -2.49. The van der Waals surface area contributed by atoms with Crippen LogP contribution >= 0.6 is 11.8 Å². The minimum atomic E-state index is 0.540. The van der Waals surface area contributed by atoms with E-state index in [4.69, 9.17) is 4.74 Å². The first-order chi connectivity index (χ1) is 10.2. The highest BCUT2D eigenvalue weighted by Crippen LogP contribution is 2.25. The number of rotatable bonds is 5. The lowest BCUT2D eigenvalue weighted by molar-refractivity contribution is 0.219. The lowest BCUT2D eigenvalue weighted by atomic mass is 10.0. The van der Waals surface area contributed by atoms with E-state index in [2.05, 4.69) is 19.9 Å². The quantitative estimate of drug-likeness (QED) is 0.624. The van der Waals surface area contributed by atoms with Crippen molar-refractivity contribution in [3.05, 3.63) is 36.3 Å². The van der Waals surface area contributed by atoms with Crippen LogP contribution < -0.4 is 9.64 Å². The maximum atomic E-state index is 5.74. The van der Waals surface area contributed by atoms with Gasteiger partial charge < -0.3 is 9.64 Å². The zero-order chi connectivity index (χ0) is 14.7. The molecule has 2 aromatic heterocycles. The molecule has 1 aliphatic heterocycles. The van der Waals surface area contributed by atoms with E-state index in [1.165, 1.54) is 0 Å². The summed E-state index contributed by atoms with van der Waals surface area (Å²) in [5.41, 5.74) is 1.01. The summed E-state index contributed by atoms with van der Waals surface area (Å²) in [5, 5.41) is 0.833. The van der Waals surface area contributed by atoms with E-state index in [1.54, 1.807) is 24.2 Å². The topological polar surface area (TPSA) is 51.1 Å². The Balaban J connectivity index is 1.52. The molecule has 0 amide bonds. The fourth-order valence-corrected chi connectivity index (χ4v) is 2.71. The number of anilines is 1. The Morgan fingerprint density at radius 1 is 1.38 bits per heavy atom. The van der Waals surface area contributed by atoms with Gasteiger partial charge in [-0.1, -0.05) is 11.8 Å². The Labute approximate surface area is 128 Å². The van der Waals surface area contributed by atoms with E-state index in [0.29, 0.717) is 5.92 Å². The summed E-state index contributed by atoms with van der Waals surface area (Å²) in [4.78, 5) is 15.2. The molecule has 0 radical (unpaired) electrons. The second-order valence-corrected chi connectivity index (χ2v) is 5.90. The van der Waals surface area contributed by atoms with Crippen molar-refractivity contribution in [3.63, 3.8) is 0 Å². The smallest absolute Gasteiger partial charge is 0.189 e. The van der Waals surface area contributed by atoms with Crippen molar-refractivity contribution < 1.29 is 4.74 Å². The SMILES string of the molecule is CSc1nc(C)cc(N2CC(COc3cccnc3)C2)n1. The second-order valence-electron chi connectivity index (χ2n) is 5.12. The third-order valence-corrected chi connectivity index (χ3v) is 3.95. The van der Waals surface area contributed by atoms with Gasteiger partial charge in [0.2, 0.25) is 0 Å². The molecule has 2 aromatic rings. The van der Waals surface area contributed by atoms with Gasteiger partial charge >= 0.3 is 0 Å². The molecule has 21 heavy (non-hydrogen) atoms. The van der Waals surface area contributed by atoms with Crippen molar-refractivity contribution >= 4 is 17.6 Å². The summed E-state index contributed by atoms with van der Waals surface area (Å²) < 4.78 is 5.74. The molecular weight excluding hydrogens is 284 g/mol. The first-order valence-electron chi connectivity index (χ1n) is 6.92. The van der Waals surface area contributed by atoms with Gasteiger partial charge in [0, 0.05) is 37.0 Å². The number of pyridine rings is 1. The Kier molecular flexibility index (Phi) is 4.24. The number of thioether (sulfide) groups is 1. The molecule has 3 heterocycles. The van der Waals surface area contributed by atoms with Crippen LogP contribution in [0.2, 0.25) is 0 Å². The Bertz CT molecular complexity index is 602. The Hall–Kier alpha value is -1.82. The van der Waals surface area contributed by atoms with Crippen LogP contribution in [0.5, 0.6) is 5.75 Å². The normalized spacial score (nSPS) is 14.9. The molecule has 1 aliphatic rings. The molecule has 1 saturated heterocycles.